The van der Waals surface area contributed by atoms with Gasteiger partial charge in [-0.3, -0.25) is 4.79 Å². The number of aromatic nitrogens is 2. The molecule has 4 rings (SSSR count). The fraction of sp³-hybridized carbons (Fsp3) is 0.0870. The van der Waals surface area contributed by atoms with Gasteiger partial charge < -0.3 is 16.0 Å². The van der Waals surface area contributed by atoms with Gasteiger partial charge in [-0.25, -0.2) is 9.97 Å². The van der Waals surface area contributed by atoms with Crippen LogP contribution in [0.2, 0.25) is 0 Å². The molecular weight excluding hydrogens is 362 g/mol. The number of amides is 1. The molecule has 0 fully saturated rings. The molecule has 0 aliphatic heterocycles. The van der Waals surface area contributed by atoms with E-state index in [2.05, 4.69) is 25.9 Å². The molecule has 144 valence electrons. The number of carbonyl (C=O) groups excluding carboxylic acids is 1. The molecule has 0 spiro atoms. The third-order valence-electron chi connectivity index (χ3n) is 4.45. The van der Waals surface area contributed by atoms with Crippen LogP contribution in [-0.4, -0.2) is 22.4 Å². The summed E-state index contributed by atoms with van der Waals surface area (Å²) in [5.74, 6) is 0.642. The molecule has 1 aromatic heterocycles. The minimum atomic E-state index is -0.103. The molecule has 4 aromatic rings. The van der Waals surface area contributed by atoms with Crippen LogP contribution in [0.15, 0.2) is 79.1 Å². The van der Waals surface area contributed by atoms with Crippen molar-refractivity contribution in [2.24, 2.45) is 0 Å². The molecule has 3 aromatic carbocycles. The van der Waals surface area contributed by atoms with Crippen molar-refractivity contribution in [2.45, 2.75) is 6.92 Å². The maximum atomic E-state index is 12.2. The van der Waals surface area contributed by atoms with Gasteiger partial charge in [0.15, 0.2) is 0 Å². The van der Waals surface area contributed by atoms with Gasteiger partial charge in [0.05, 0.1) is 12.1 Å². The molecule has 0 saturated carbocycles. The molecule has 0 aliphatic rings. The van der Waals surface area contributed by atoms with Crippen LogP contribution in [0.25, 0.3) is 10.9 Å². The zero-order valence-electron chi connectivity index (χ0n) is 16.0. The van der Waals surface area contributed by atoms with E-state index in [4.69, 9.17) is 0 Å². The Morgan fingerprint density at radius 2 is 1.66 bits per heavy atom. The molecule has 6 nitrogen and oxygen atoms in total. The zero-order chi connectivity index (χ0) is 20.1. The number of hydrogen-bond donors (Lipinski definition) is 3. The van der Waals surface area contributed by atoms with Crippen LogP contribution in [0.5, 0.6) is 0 Å². The van der Waals surface area contributed by atoms with E-state index in [9.17, 15) is 4.79 Å². The molecule has 3 N–H and O–H groups in total. The number of aryl methyl sites for hydroxylation is 1. The first-order chi connectivity index (χ1) is 14.2. The van der Waals surface area contributed by atoms with E-state index in [1.165, 1.54) is 0 Å². The average molecular weight is 383 g/mol. The lowest BCUT2D eigenvalue weighted by Crippen LogP contribution is -2.21. The predicted octanol–water partition coefficient (Wildman–Crippen LogP) is 4.73. The summed E-state index contributed by atoms with van der Waals surface area (Å²) in [7, 11) is 0. The van der Waals surface area contributed by atoms with Crippen molar-refractivity contribution in [2.75, 3.05) is 22.5 Å². The van der Waals surface area contributed by atoms with E-state index >= 15 is 0 Å². The highest BCUT2D eigenvalue weighted by Crippen LogP contribution is 2.23. The highest BCUT2D eigenvalue weighted by molar-refractivity contribution is 5.94. The van der Waals surface area contributed by atoms with Crippen molar-refractivity contribution in [1.82, 2.24) is 9.97 Å². The van der Waals surface area contributed by atoms with E-state index in [1.54, 1.807) is 6.33 Å². The van der Waals surface area contributed by atoms with Gasteiger partial charge in [0.1, 0.15) is 12.1 Å². The van der Waals surface area contributed by atoms with Gasteiger partial charge in [0, 0.05) is 22.4 Å². The quantitative estimate of drug-likeness (QED) is 0.448. The molecule has 6 heteroatoms. The first kappa shape index (κ1) is 18.4. The summed E-state index contributed by atoms with van der Waals surface area (Å²) in [6.45, 7) is 2.22. The summed E-state index contributed by atoms with van der Waals surface area (Å²) in [6, 6.07) is 23.3. The Labute approximate surface area is 169 Å². The number of carbonyl (C=O) groups is 1. The van der Waals surface area contributed by atoms with Gasteiger partial charge in [-0.2, -0.15) is 0 Å². The molecule has 29 heavy (non-hydrogen) atoms. The molecule has 0 unspecified atom stereocenters. The number of hydrogen-bond acceptors (Lipinski definition) is 5. The number of para-hydroxylation sites is 1. The van der Waals surface area contributed by atoms with Crippen LogP contribution in [0, 0.1) is 6.92 Å². The second-order valence-corrected chi connectivity index (χ2v) is 6.71. The SMILES string of the molecule is Cc1cccc(NCC(=O)Nc2ccc(Nc3ncnc4ccccc34)cc2)c1. The average Bonchev–Trinajstić information content (AvgIpc) is 2.74. The number of nitrogens with one attached hydrogen (secondary N) is 3. The normalized spacial score (nSPS) is 10.5. The lowest BCUT2D eigenvalue weighted by Gasteiger charge is -2.10. The van der Waals surface area contributed by atoms with Gasteiger partial charge in [0.25, 0.3) is 0 Å². The topological polar surface area (TPSA) is 78.9 Å². The first-order valence-corrected chi connectivity index (χ1v) is 9.34. The number of anilines is 4. The van der Waals surface area contributed by atoms with E-state index in [0.717, 1.165) is 39.3 Å². The highest BCUT2D eigenvalue weighted by atomic mass is 16.1. The summed E-state index contributed by atoms with van der Waals surface area (Å²) in [5, 5.41) is 10.3. The minimum Gasteiger partial charge on any atom is -0.376 e. The maximum Gasteiger partial charge on any atom is 0.243 e. The molecule has 1 heterocycles. The van der Waals surface area contributed by atoms with Gasteiger partial charge in [-0.1, -0.05) is 24.3 Å². The summed E-state index contributed by atoms with van der Waals surface area (Å²) in [4.78, 5) is 20.8. The molecule has 0 bridgehead atoms. The van der Waals surface area contributed by atoms with Crippen molar-refractivity contribution < 1.29 is 4.79 Å². The van der Waals surface area contributed by atoms with Gasteiger partial charge in [-0.15, -0.1) is 0 Å². The fourth-order valence-corrected chi connectivity index (χ4v) is 3.02. The lowest BCUT2D eigenvalue weighted by molar-refractivity contribution is -0.114. The summed E-state index contributed by atoms with van der Waals surface area (Å²) >= 11 is 0. The van der Waals surface area contributed by atoms with Crippen LogP contribution in [0.4, 0.5) is 22.9 Å². The number of nitrogens with zero attached hydrogens (tertiary/aromatic N) is 2. The Balaban J connectivity index is 1.37. The Bertz CT molecular complexity index is 1140. The van der Waals surface area contributed by atoms with Crippen LogP contribution >= 0.6 is 0 Å². The minimum absolute atomic E-state index is 0.103. The molecular formula is C23H21N5O. The Morgan fingerprint density at radius 3 is 2.48 bits per heavy atom. The molecule has 0 radical (unpaired) electrons. The number of rotatable bonds is 6. The van der Waals surface area contributed by atoms with Gasteiger partial charge in [-0.05, 0) is 61.0 Å². The van der Waals surface area contributed by atoms with Crippen molar-refractivity contribution in [3.8, 4) is 0 Å². The molecule has 0 aliphatic carbocycles. The summed E-state index contributed by atoms with van der Waals surface area (Å²) in [5.41, 5.74) is 4.57. The van der Waals surface area contributed by atoms with E-state index in [-0.39, 0.29) is 12.5 Å². The van der Waals surface area contributed by atoms with Crippen molar-refractivity contribution in [3.63, 3.8) is 0 Å². The number of benzene rings is 3. The van der Waals surface area contributed by atoms with Crippen LogP contribution in [0.1, 0.15) is 5.56 Å². The van der Waals surface area contributed by atoms with Gasteiger partial charge >= 0.3 is 0 Å². The largest absolute Gasteiger partial charge is 0.376 e. The predicted molar refractivity (Wildman–Crippen MR) is 118 cm³/mol. The first-order valence-electron chi connectivity index (χ1n) is 9.34. The second kappa shape index (κ2) is 8.39. The Kier molecular flexibility index (Phi) is 5.33. The van der Waals surface area contributed by atoms with Crippen molar-refractivity contribution in [3.05, 3.63) is 84.7 Å². The van der Waals surface area contributed by atoms with E-state index < -0.39 is 0 Å². The fourth-order valence-electron chi connectivity index (χ4n) is 3.02. The summed E-state index contributed by atoms with van der Waals surface area (Å²) in [6.07, 6.45) is 1.54. The van der Waals surface area contributed by atoms with Crippen molar-refractivity contribution in [1.29, 1.82) is 0 Å². The molecule has 0 saturated heterocycles. The lowest BCUT2D eigenvalue weighted by atomic mass is 10.2. The molecule has 1 amide bonds. The Hall–Kier alpha value is -3.93. The Morgan fingerprint density at radius 1 is 0.862 bits per heavy atom. The number of fused-ring (bicyclic) bond motifs is 1. The smallest absolute Gasteiger partial charge is 0.243 e. The van der Waals surface area contributed by atoms with Crippen LogP contribution in [-0.2, 0) is 4.79 Å². The molecule has 0 atom stereocenters. The maximum absolute atomic E-state index is 12.2. The van der Waals surface area contributed by atoms with Crippen LogP contribution < -0.4 is 16.0 Å². The third-order valence-corrected chi connectivity index (χ3v) is 4.45. The summed E-state index contributed by atoms with van der Waals surface area (Å²) < 4.78 is 0. The highest BCUT2D eigenvalue weighted by Gasteiger charge is 2.05. The monoisotopic (exact) mass is 383 g/mol. The second-order valence-electron chi connectivity index (χ2n) is 6.71. The zero-order valence-corrected chi connectivity index (χ0v) is 16.0. The van der Waals surface area contributed by atoms with Crippen molar-refractivity contribution >= 4 is 39.7 Å². The standard InChI is InChI=1S/C23H21N5O/c1-16-5-4-6-19(13-16)24-14-22(29)27-17-9-11-18(12-10-17)28-23-20-7-2-3-8-21(20)25-15-26-23/h2-13,15,24H,14H2,1H3,(H,27,29)(H,25,26,28). The third kappa shape index (κ3) is 4.68. The van der Waals surface area contributed by atoms with E-state index in [0.29, 0.717) is 0 Å². The van der Waals surface area contributed by atoms with Gasteiger partial charge in [0.2, 0.25) is 5.91 Å². The van der Waals surface area contributed by atoms with Crippen LogP contribution in [0.3, 0.4) is 0 Å². The van der Waals surface area contributed by atoms with E-state index in [1.807, 2.05) is 79.7 Å².